The van der Waals surface area contributed by atoms with E-state index in [-0.39, 0.29) is 10.9 Å². The second-order valence-electron chi connectivity index (χ2n) is 4.53. The number of carbonyl (C=O) groups is 1. The lowest BCUT2D eigenvalue weighted by Crippen LogP contribution is -2.40. The maximum atomic E-state index is 11.7. The van der Waals surface area contributed by atoms with Crippen LogP contribution in [0.25, 0.3) is 0 Å². The summed E-state index contributed by atoms with van der Waals surface area (Å²) in [5.41, 5.74) is -0.411. The Morgan fingerprint density at radius 2 is 1.88 bits per heavy atom. The van der Waals surface area contributed by atoms with Gasteiger partial charge in [-0.2, -0.15) is 0 Å². The first kappa shape index (κ1) is 13.7. The van der Waals surface area contributed by atoms with Crippen LogP contribution < -0.4 is 10.0 Å². The molecule has 0 aliphatic carbocycles. The first-order valence-corrected chi connectivity index (χ1v) is 6.50. The summed E-state index contributed by atoms with van der Waals surface area (Å²) in [7, 11) is -2.38. The van der Waals surface area contributed by atoms with Crippen molar-refractivity contribution in [2.45, 2.75) is 31.4 Å². The number of amides is 1. The van der Waals surface area contributed by atoms with Gasteiger partial charge in [0.1, 0.15) is 0 Å². The van der Waals surface area contributed by atoms with Gasteiger partial charge in [0.25, 0.3) is 15.9 Å². The lowest BCUT2D eigenvalue weighted by atomic mass is 10.1. The fourth-order valence-electron chi connectivity index (χ4n) is 1.09. The van der Waals surface area contributed by atoms with Crippen molar-refractivity contribution >= 4 is 15.9 Å². The summed E-state index contributed by atoms with van der Waals surface area (Å²) in [4.78, 5) is 11.7. The van der Waals surface area contributed by atoms with Crippen molar-refractivity contribution in [1.29, 1.82) is 0 Å². The van der Waals surface area contributed by atoms with Crippen LogP contribution in [0.4, 0.5) is 0 Å². The van der Waals surface area contributed by atoms with Crippen LogP contribution in [0.5, 0.6) is 0 Å². The van der Waals surface area contributed by atoms with Gasteiger partial charge in [-0.3, -0.25) is 4.79 Å². The number of carbonyl (C=O) groups excluding carboxylic acids is 1. The zero-order valence-electron chi connectivity index (χ0n) is 10.2. The normalized spacial score (nSPS) is 12.5. The van der Waals surface area contributed by atoms with Crippen LogP contribution in [-0.2, 0) is 10.0 Å². The minimum absolute atomic E-state index is 0.0336. The van der Waals surface area contributed by atoms with E-state index in [1.54, 1.807) is 0 Å². The predicted molar refractivity (Wildman–Crippen MR) is 62.2 cm³/mol. The molecule has 0 aliphatic heterocycles. The predicted octanol–water partition coefficient (Wildman–Crippen LogP) is 0.716. The van der Waals surface area contributed by atoms with Crippen molar-refractivity contribution in [1.82, 2.24) is 10.0 Å². The minimum atomic E-state index is -3.65. The topological polar surface area (TPSA) is 88.4 Å². The second-order valence-corrected chi connectivity index (χ2v) is 6.35. The van der Waals surface area contributed by atoms with E-state index in [1.165, 1.54) is 19.2 Å². The lowest BCUT2D eigenvalue weighted by molar-refractivity contribution is 0.0885. The standard InChI is InChI=1S/C10H16N2O4S/c1-10(2,3)12-9(13)7-5-6-8(16-7)17(14,15)11-4/h5-6,11H,1-4H3,(H,12,13). The van der Waals surface area contributed by atoms with Crippen LogP contribution >= 0.6 is 0 Å². The summed E-state index contributed by atoms with van der Waals surface area (Å²) in [6, 6.07) is 2.56. The molecule has 0 bridgehead atoms. The van der Waals surface area contributed by atoms with Gasteiger partial charge in [0, 0.05) is 5.54 Å². The molecule has 6 nitrogen and oxygen atoms in total. The van der Waals surface area contributed by atoms with Gasteiger partial charge >= 0.3 is 0 Å². The lowest BCUT2D eigenvalue weighted by Gasteiger charge is -2.19. The molecule has 17 heavy (non-hydrogen) atoms. The number of nitrogens with one attached hydrogen (secondary N) is 2. The number of sulfonamides is 1. The van der Waals surface area contributed by atoms with Gasteiger partial charge in [-0.05, 0) is 40.0 Å². The van der Waals surface area contributed by atoms with Gasteiger partial charge in [0.15, 0.2) is 5.76 Å². The molecule has 0 fully saturated rings. The minimum Gasteiger partial charge on any atom is -0.438 e. The Labute approximate surface area is 100 Å². The highest BCUT2D eigenvalue weighted by Crippen LogP contribution is 2.14. The van der Waals surface area contributed by atoms with E-state index in [9.17, 15) is 13.2 Å². The van der Waals surface area contributed by atoms with Crippen LogP contribution in [0, 0.1) is 0 Å². The zero-order chi connectivity index (χ0) is 13.3. The van der Waals surface area contributed by atoms with Crippen LogP contribution in [-0.4, -0.2) is 26.9 Å². The Kier molecular flexibility index (Phi) is 3.63. The van der Waals surface area contributed by atoms with Gasteiger partial charge in [-0.1, -0.05) is 0 Å². The quantitative estimate of drug-likeness (QED) is 0.838. The largest absolute Gasteiger partial charge is 0.438 e. The molecule has 0 spiro atoms. The molecule has 1 rings (SSSR count). The van der Waals surface area contributed by atoms with Crippen molar-refractivity contribution in [2.24, 2.45) is 0 Å². The van der Waals surface area contributed by atoms with Crippen LogP contribution in [0.1, 0.15) is 31.3 Å². The molecule has 1 heterocycles. The number of furan rings is 1. The molecule has 0 radical (unpaired) electrons. The summed E-state index contributed by atoms with van der Waals surface area (Å²) >= 11 is 0. The van der Waals surface area contributed by atoms with Crippen molar-refractivity contribution in [3.63, 3.8) is 0 Å². The molecule has 0 unspecified atom stereocenters. The summed E-state index contributed by atoms with van der Waals surface area (Å²) in [6.45, 7) is 5.46. The average molecular weight is 260 g/mol. The third kappa shape index (κ3) is 3.57. The number of rotatable bonds is 3. The van der Waals surface area contributed by atoms with Crippen molar-refractivity contribution < 1.29 is 17.6 Å². The molecule has 0 aliphatic rings. The van der Waals surface area contributed by atoms with Crippen molar-refractivity contribution in [3.05, 3.63) is 17.9 Å². The average Bonchev–Trinajstić information content (AvgIpc) is 2.64. The van der Waals surface area contributed by atoms with E-state index in [1.807, 2.05) is 20.8 Å². The molecule has 0 atom stereocenters. The van der Waals surface area contributed by atoms with E-state index in [0.717, 1.165) is 0 Å². The van der Waals surface area contributed by atoms with E-state index >= 15 is 0 Å². The van der Waals surface area contributed by atoms with Gasteiger partial charge in [-0.25, -0.2) is 13.1 Å². The molecule has 0 saturated carbocycles. The third-order valence-electron chi connectivity index (χ3n) is 1.83. The van der Waals surface area contributed by atoms with Crippen LogP contribution in [0.2, 0.25) is 0 Å². The molecular formula is C10H16N2O4S. The number of hydrogen-bond donors (Lipinski definition) is 2. The smallest absolute Gasteiger partial charge is 0.287 e. The first-order valence-electron chi connectivity index (χ1n) is 5.01. The Morgan fingerprint density at radius 1 is 1.29 bits per heavy atom. The monoisotopic (exact) mass is 260 g/mol. The highest BCUT2D eigenvalue weighted by molar-refractivity contribution is 7.89. The molecule has 7 heteroatoms. The van der Waals surface area contributed by atoms with E-state index in [4.69, 9.17) is 4.42 Å². The van der Waals surface area contributed by atoms with Gasteiger partial charge in [0.05, 0.1) is 0 Å². The van der Waals surface area contributed by atoms with E-state index < -0.39 is 21.5 Å². The Balaban J connectivity index is 2.93. The van der Waals surface area contributed by atoms with Gasteiger partial charge in [0.2, 0.25) is 5.09 Å². The highest BCUT2D eigenvalue weighted by Gasteiger charge is 2.22. The van der Waals surface area contributed by atoms with Crippen molar-refractivity contribution in [3.8, 4) is 0 Å². The van der Waals surface area contributed by atoms with Crippen LogP contribution in [0.15, 0.2) is 21.6 Å². The zero-order valence-corrected chi connectivity index (χ0v) is 11.0. The maximum Gasteiger partial charge on any atom is 0.287 e. The number of hydrogen-bond acceptors (Lipinski definition) is 4. The Bertz CT molecular complexity index is 511. The summed E-state index contributed by atoms with van der Waals surface area (Å²) in [5, 5.41) is 2.39. The summed E-state index contributed by atoms with van der Waals surface area (Å²) in [5.74, 6) is -0.483. The molecule has 1 aromatic heterocycles. The highest BCUT2D eigenvalue weighted by atomic mass is 32.2. The second kappa shape index (κ2) is 4.50. The molecule has 1 aromatic rings. The molecule has 1 amide bonds. The Hall–Kier alpha value is -1.34. The third-order valence-corrected chi connectivity index (χ3v) is 3.11. The van der Waals surface area contributed by atoms with Crippen LogP contribution in [0.3, 0.4) is 0 Å². The fraction of sp³-hybridized carbons (Fsp3) is 0.500. The maximum absolute atomic E-state index is 11.7. The molecular weight excluding hydrogens is 244 g/mol. The summed E-state index contributed by atoms with van der Waals surface area (Å²) in [6.07, 6.45) is 0. The van der Waals surface area contributed by atoms with Gasteiger partial charge < -0.3 is 9.73 Å². The van der Waals surface area contributed by atoms with E-state index in [0.29, 0.717) is 0 Å². The first-order chi connectivity index (χ1) is 7.65. The molecule has 96 valence electrons. The molecule has 0 saturated heterocycles. The van der Waals surface area contributed by atoms with Crippen molar-refractivity contribution in [2.75, 3.05) is 7.05 Å². The SMILES string of the molecule is CNS(=O)(=O)c1ccc(C(=O)NC(C)(C)C)o1. The molecule has 2 N–H and O–H groups in total. The summed E-state index contributed by atoms with van der Waals surface area (Å²) < 4.78 is 29.9. The van der Waals surface area contributed by atoms with Gasteiger partial charge in [-0.15, -0.1) is 0 Å². The molecule has 0 aromatic carbocycles. The Morgan fingerprint density at radius 3 is 2.35 bits per heavy atom. The fourth-order valence-corrected chi connectivity index (χ4v) is 1.74. The van der Waals surface area contributed by atoms with E-state index in [2.05, 4.69) is 10.0 Å².